The van der Waals surface area contributed by atoms with E-state index >= 15 is 0 Å². The van der Waals surface area contributed by atoms with Crippen LogP contribution in [-0.4, -0.2) is 29.1 Å². The van der Waals surface area contributed by atoms with E-state index in [0.717, 1.165) is 16.5 Å². The van der Waals surface area contributed by atoms with Crippen LogP contribution in [0.3, 0.4) is 0 Å². The molecule has 0 saturated carbocycles. The molecule has 0 atom stereocenters. The van der Waals surface area contributed by atoms with Gasteiger partial charge in [0.2, 0.25) is 0 Å². The van der Waals surface area contributed by atoms with Gasteiger partial charge in [-0.2, -0.15) is 0 Å². The van der Waals surface area contributed by atoms with E-state index in [4.69, 9.17) is 12.2 Å². The normalized spacial score (nSPS) is 10.4. The highest BCUT2D eigenvalue weighted by Crippen LogP contribution is 2.22. The van der Waals surface area contributed by atoms with Gasteiger partial charge in [0, 0.05) is 29.6 Å². The highest BCUT2D eigenvalue weighted by Gasteiger charge is 2.04. The van der Waals surface area contributed by atoms with Crippen LogP contribution in [-0.2, 0) is 6.42 Å². The molecule has 84 valence electrons. The topological polar surface area (TPSA) is 3.24 Å². The van der Waals surface area contributed by atoms with Crippen molar-refractivity contribution in [3.8, 4) is 0 Å². The van der Waals surface area contributed by atoms with Crippen LogP contribution >= 0.6 is 35.3 Å². The molecule has 0 aromatic carbocycles. The molecule has 4 heteroatoms. The smallest absolute Gasteiger partial charge is 0.135 e. The average Bonchev–Trinajstić information content (AvgIpc) is 2.45. The van der Waals surface area contributed by atoms with Crippen molar-refractivity contribution in [1.29, 1.82) is 0 Å². The third kappa shape index (κ3) is 4.13. The Kier molecular flexibility index (Phi) is 5.09. The summed E-state index contributed by atoms with van der Waals surface area (Å²) in [6, 6.07) is 2.29. The van der Waals surface area contributed by atoms with Crippen molar-refractivity contribution in [1.82, 2.24) is 4.90 Å². The van der Waals surface area contributed by atoms with E-state index in [0.29, 0.717) is 0 Å². The second-order valence-electron chi connectivity index (χ2n) is 3.70. The van der Waals surface area contributed by atoms with Gasteiger partial charge in [0.15, 0.2) is 0 Å². The van der Waals surface area contributed by atoms with Crippen molar-refractivity contribution in [2.45, 2.75) is 20.3 Å². The summed E-state index contributed by atoms with van der Waals surface area (Å²) in [5, 5.41) is 0. The molecule has 0 unspecified atom stereocenters. The maximum Gasteiger partial charge on any atom is 0.135 e. The van der Waals surface area contributed by atoms with Gasteiger partial charge in [-0.3, -0.25) is 0 Å². The predicted octanol–water partition coefficient (Wildman–Crippen LogP) is 3.49. The fourth-order valence-corrected chi connectivity index (χ4v) is 3.29. The predicted molar refractivity (Wildman–Crippen MR) is 76.2 cm³/mol. The van der Waals surface area contributed by atoms with E-state index in [1.165, 1.54) is 15.3 Å². The number of hydrogen-bond donors (Lipinski definition) is 0. The number of hydrogen-bond acceptors (Lipinski definition) is 3. The first-order valence-electron chi connectivity index (χ1n) is 4.90. The molecule has 0 bridgehead atoms. The van der Waals surface area contributed by atoms with Crippen LogP contribution in [0.4, 0.5) is 0 Å². The third-order valence-corrected chi connectivity index (χ3v) is 4.85. The van der Waals surface area contributed by atoms with Gasteiger partial charge in [-0.1, -0.05) is 24.0 Å². The van der Waals surface area contributed by atoms with Crippen molar-refractivity contribution in [2.75, 3.05) is 19.8 Å². The van der Waals surface area contributed by atoms with E-state index in [9.17, 15) is 0 Å². The van der Waals surface area contributed by atoms with Gasteiger partial charge >= 0.3 is 0 Å². The molecule has 0 amide bonds. The molecule has 1 aromatic heterocycles. The van der Waals surface area contributed by atoms with Crippen molar-refractivity contribution in [3.63, 3.8) is 0 Å². The Labute approximate surface area is 106 Å². The van der Waals surface area contributed by atoms with Crippen LogP contribution in [0.5, 0.6) is 0 Å². The van der Waals surface area contributed by atoms with Gasteiger partial charge in [-0.25, -0.2) is 0 Å². The minimum absolute atomic E-state index is 0.972. The summed E-state index contributed by atoms with van der Waals surface area (Å²) in [5.41, 5.74) is 1.48. The molecule has 0 aliphatic carbocycles. The van der Waals surface area contributed by atoms with E-state index in [2.05, 4.69) is 19.9 Å². The maximum absolute atomic E-state index is 5.22. The fraction of sp³-hybridized carbons (Fsp3) is 0.545. The van der Waals surface area contributed by atoms with Crippen molar-refractivity contribution in [2.24, 2.45) is 0 Å². The van der Waals surface area contributed by atoms with Crippen LogP contribution in [0, 0.1) is 13.8 Å². The van der Waals surface area contributed by atoms with Crippen LogP contribution < -0.4 is 0 Å². The Balaban J connectivity index is 2.38. The minimum Gasteiger partial charge on any atom is -0.364 e. The summed E-state index contributed by atoms with van der Waals surface area (Å²) in [4.78, 5) is 4.85. The summed E-state index contributed by atoms with van der Waals surface area (Å²) in [6.07, 6.45) is 1.12. The standard InChI is InChI=1S/C11H17NS3/c1-8-7-10(9(2)15-8)5-6-14-11(13)12(3)4/h7H,5-6H2,1-4H3. The molecular weight excluding hydrogens is 242 g/mol. The molecule has 15 heavy (non-hydrogen) atoms. The quantitative estimate of drug-likeness (QED) is 0.765. The van der Waals surface area contributed by atoms with E-state index in [1.54, 1.807) is 11.8 Å². The number of thiophene rings is 1. The molecule has 1 nitrogen and oxygen atoms in total. The minimum atomic E-state index is 0.972. The van der Waals surface area contributed by atoms with Crippen molar-refractivity contribution >= 4 is 39.6 Å². The van der Waals surface area contributed by atoms with Gasteiger partial charge in [0.05, 0.1) is 0 Å². The van der Waals surface area contributed by atoms with E-state index < -0.39 is 0 Å². The first-order chi connectivity index (χ1) is 7.00. The lowest BCUT2D eigenvalue weighted by Gasteiger charge is -2.12. The molecule has 0 fully saturated rings. The zero-order valence-corrected chi connectivity index (χ0v) is 12.1. The lowest BCUT2D eigenvalue weighted by molar-refractivity contribution is 0.648. The Morgan fingerprint density at radius 1 is 1.47 bits per heavy atom. The van der Waals surface area contributed by atoms with Crippen molar-refractivity contribution < 1.29 is 0 Å². The first-order valence-corrected chi connectivity index (χ1v) is 7.11. The van der Waals surface area contributed by atoms with Gasteiger partial charge in [0.25, 0.3) is 0 Å². The number of thiocarbonyl (C=S) groups is 1. The van der Waals surface area contributed by atoms with E-state index in [-0.39, 0.29) is 0 Å². The largest absolute Gasteiger partial charge is 0.364 e. The van der Waals surface area contributed by atoms with E-state index in [1.807, 2.05) is 30.3 Å². The van der Waals surface area contributed by atoms with Crippen LogP contribution in [0.15, 0.2) is 6.07 Å². The molecule has 1 rings (SSSR count). The molecule has 0 saturated heterocycles. The first kappa shape index (κ1) is 13.0. The number of thioether (sulfide) groups is 1. The Morgan fingerprint density at radius 3 is 2.60 bits per heavy atom. The SMILES string of the molecule is Cc1cc(CCSC(=S)N(C)C)c(C)s1. The van der Waals surface area contributed by atoms with Crippen LogP contribution in [0.2, 0.25) is 0 Å². The average molecular weight is 259 g/mol. The zero-order chi connectivity index (χ0) is 11.4. The third-order valence-electron chi connectivity index (χ3n) is 2.11. The number of aryl methyl sites for hydroxylation is 3. The molecular formula is C11H17NS3. The van der Waals surface area contributed by atoms with Crippen LogP contribution in [0.25, 0.3) is 0 Å². The second kappa shape index (κ2) is 5.87. The Hall–Kier alpha value is -0.0600. The highest BCUT2D eigenvalue weighted by molar-refractivity contribution is 8.22. The Morgan fingerprint density at radius 2 is 2.13 bits per heavy atom. The van der Waals surface area contributed by atoms with Gasteiger partial charge in [0.1, 0.15) is 4.32 Å². The molecule has 0 spiro atoms. The summed E-state index contributed by atoms with van der Waals surface area (Å²) in [6.45, 7) is 4.36. The molecule has 0 N–H and O–H groups in total. The molecule has 1 aromatic rings. The Bertz CT molecular complexity index is 342. The summed E-state index contributed by atoms with van der Waals surface area (Å²) in [7, 11) is 3.99. The molecule has 0 aliphatic heterocycles. The van der Waals surface area contributed by atoms with Gasteiger partial charge in [-0.15, -0.1) is 11.3 Å². The lowest BCUT2D eigenvalue weighted by Crippen LogP contribution is -2.16. The summed E-state index contributed by atoms with van der Waals surface area (Å²) in [5.74, 6) is 1.08. The maximum atomic E-state index is 5.22. The fourth-order valence-electron chi connectivity index (χ4n) is 1.31. The summed E-state index contributed by atoms with van der Waals surface area (Å²) >= 11 is 8.86. The summed E-state index contributed by atoms with van der Waals surface area (Å²) < 4.78 is 0.972. The molecule has 1 heterocycles. The van der Waals surface area contributed by atoms with Gasteiger partial charge in [-0.05, 0) is 31.9 Å². The second-order valence-corrected chi connectivity index (χ2v) is 6.89. The van der Waals surface area contributed by atoms with Gasteiger partial charge < -0.3 is 4.90 Å². The monoisotopic (exact) mass is 259 g/mol. The molecule has 0 aliphatic rings. The number of rotatable bonds is 3. The number of nitrogens with zero attached hydrogens (tertiary/aromatic N) is 1. The lowest BCUT2D eigenvalue weighted by atomic mass is 10.2. The van der Waals surface area contributed by atoms with Crippen molar-refractivity contribution in [3.05, 3.63) is 21.4 Å². The zero-order valence-electron chi connectivity index (χ0n) is 9.66. The van der Waals surface area contributed by atoms with Crippen LogP contribution in [0.1, 0.15) is 15.3 Å². The highest BCUT2D eigenvalue weighted by atomic mass is 32.2. The molecule has 0 radical (unpaired) electrons.